The molecule has 1 heterocycles. The fraction of sp³-hybridized carbons (Fsp3) is 0.357. The number of fused-ring (bicyclic) bond motifs is 1. The molecule has 0 aromatic heterocycles. The summed E-state index contributed by atoms with van der Waals surface area (Å²) >= 11 is 0. The molecule has 16 heavy (non-hydrogen) atoms. The lowest BCUT2D eigenvalue weighted by atomic mass is 10.0. The second kappa shape index (κ2) is 4.97. The van der Waals surface area contributed by atoms with Crippen LogP contribution >= 0.6 is 0 Å². The highest BCUT2D eigenvalue weighted by atomic mass is 16.1. The van der Waals surface area contributed by atoms with E-state index in [0.29, 0.717) is 0 Å². The molecule has 0 saturated carbocycles. The number of rotatable bonds is 4. The SMILES string of the molecule is CCCCC/C=C1\C(=O)Nc2ccccc21. The number of allylic oxidation sites excluding steroid dienone is 1. The highest BCUT2D eigenvalue weighted by Crippen LogP contribution is 2.31. The zero-order valence-electron chi connectivity index (χ0n) is 9.62. The lowest BCUT2D eigenvalue weighted by molar-refractivity contribution is -0.110. The predicted octanol–water partition coefficient (Wildman–Crippen LogP) is 3.60. The Morgan fingerprint density at radius 2 is 2.06 bits per heavy atom. The van der Waals surface area contributed by atoms with Gasteiger partial charge in [0, 0.05) is 16.8 Å². The molecule has 2 rings (SSSR count). The number of benzene rings is 1. The number of para-hydroxylation sites is 1. The van der Waals surface area contributed by atoms with Crippen LogP contribution in [-0.4, -0.2) is 5.91 Å². The zero-order chi connectivity index (χ0) is 11.4. The van der Waals surface area contributed by atoms with Crippen molar-refractivity contribution in [1.29, 1.82) is 0 Å². The Balaban J connectivity index is 2.12. The molecule has 0 fully saturated rings. The molecule has 1 aliphatic rings. The number of hydrogen-bond donors (Lipinski definition) is 1. The van der Waals surface area contributed by atoms with E-state index >= 15 is 0 Å². The molecule has 1 aromatic rings. The molecule has 0 atom stereocenters. The van der Waals surface area contributed by atoms with Crippen LogP contribution in [0.15, 0.2) is 30.3 Å². The van der Waals surface area contributed by atoms with E-state index in [1.165, 1.54) is 12.8 Å². The van der Waals surface area contributed by atoms with Gasteiger partial charge in [0.15, 0.2) is 0 Å². The van der Waals surface area contributed by atoms with E-state index in [0.717, 1.165) is 29.7 Å². The molecule has 0 saturated heterocycles. The van der Waals surface area contributed by atoms with Crippen molar-refractivity contribution in [2.45, 2.75) is 32.6 Å². The summed E-state index contributed by atoms with van der Waals surface area (Å²) in [5, 5.41) is 2.88. The number of hydrogen-bond acceptors (Lipinski definition) is 1. The quantitative estimate of drug-likeness (QED) is 0.603. The van der Waals surface area contributed by atoms with Crippen molar-refractivity contribution in [3.63, 3.8) is 0 Å². The number of carbonyl (C=O) groups is 1. The summed E-state index contributed by atoms with van der Waals surface area (Å²) < 4.78 is 0. The maximum Gasteiger partial charge on any atom is 0.256 e. The monoisotopic (exact) mass is 215 g/mol. The van der Waals surface area contributed by atoms with Crippen LogP contribution in [-0.2, 0) is 4.79 Å². The molecule has 1 aliphatic heterocycles. The number of nitrogens with one attached hydrogen (secondary N) is 1. The second-order valence-corrected chi connectivity index (χ2v) is 4.11. The van der Waals surface area contributed by atoms with E-state index in [4.69, 9.17) is 0 Å². The molecule has 0 radical (unpaired) electrons. The minimum Gasteiger partial charge on any atom is -0.321 e. The Morgan fingerprint density at radius 1 is 1.25 bits per heavy atom. The summed E-state index contributed by atoms with van der Waals surface area (Å²) in [7, 11) is 0. The average molecular weight is 215 g/mol. The summed E-state index contributed by atoms with van der Waals surface area (Å²) in [5.41, 5.74) is 2.82. The van der Waals surface area contributed by atoms with E-state index in [2.05, 4.69) is 18.3 Å². The van der Waals surface area contributed by atoms with Gasteiger partial charge in [-0.15, -0.1) is 0 Å². The van der Waals surface area contributed by atoms with Gasteiger partial charge in [0.2, 0.25) is 0 Å². The van der Waals surface area contributed by atoms with Gasteiger partial charge in [0.25, 0.3) is 5.91 Å². The molecule has 84 valence electrons. The normalized spacial score (nSPS) is 16.3. The summed E-state index contributed by atoms with van der Waals surface area (Å²) in [6.07, 6.45) is 6.66. The maximum atomic E-state index is 11.7. The molecule has 1 aromatic carbocycles. The first-order valence-corrected chi connectivity index (χ1v) is 5.94. The highest BCUT2D eigenvalue weighted by Gasteiger charge is 2.22. The zero-order valence-corrected chi connectivity index (χ0v) is 9.62. The molecule has 0 bridgehead atoms. The van der Waals surface area contributed by atoms with Crippen LogP contribution in [0, 0.1) is 0 Å². The van der Waals surface area contributed by atoms with Crippen LogP contribution in [0.1, 0.15) is 38.2 Å². The number of amides is 1. The van der Waals surface area contributed by atoms with Crippen molar-refractivity contribution in [3.05, 3.63) is 35.9 Å². The lowest BCUT2D eigenvalue weighted by Gasteiger charge is -1.97. The highest BCUT2D eigenvalue weighted by molar-refractivity contribution is 6.31. The molecule has 2 nitrogen and oxygen atoms in total. The van der Waals surface area contributed by atoms with Crippen LogP contribution < -0.4 is 5.32 Å². The fourth-order valence-corrected chi connectivity index (χ4v) is 1.98. The van der Waals surface area contributed by atoms with E-state index in [1.54, 1.807) is 0 Å². The first kappa shape index (κ1) is 10.9. The third-order valence-electron chi connectivity index (χ3n) is 2.87. The Labute approximate surface area is 96.4 Å². The summed E-state index contributed by atoms with van der Waals surface area (Å²) in [6, 6.07) is 7.86. The molecule has 1 amide bonds. The predicted molar refractivity (Wildman–Crippen MR) is 67.2 cm³/mol. The molecule has 0 spiro atoms. The topological polar surface area (TPSA) is 29.1 Å². The molecule has 0 unspecified atom stereocenters. The minimum absolute atomic E-state index is 0.0395. The third-order valence-corrected chi connectivity index (χ3v) is 2.87. The van der Waals surface area contributed by atoms with E-state index < -0.39 is 0 Å². The molecule has 1 N–H and O–H groups in total. The van der Waals surface area contributed by atoms with Crippen molar-refractivity contribution in [2.24, 2.45) is 0 Å². The van der Waals surface area contributed by atoms with Crippen LogP contribution in [0.2, 0.25) is 0 Å². The van der Waals surface area contributed by atoms with Gasteiger partial charge < -0.3 is 5.32 Å². The average Bonchev–Trinajstić information content (AvgIpc) is 2.61. The van der Waals surface area contributed by atoms with Crippen molar-refractivity contribution >= 4 is 17.2 Å². The summed E-state index contributed by atoms with van der Waals surface area (Å²) in [6.45, 7) is 2.19. The van der Waals surface area contributed by atoms with Gasteiger partial charge in [-0.2, -0.15) is 0 Å². The molecular weight excluding hydrogens is 198 g/mol. The first-order chi connectivity index (χ1) is 7.83. The third kappa shape index (κ3) is 2.16. The number of unbranched alkanes of at least 4 members (excludes halogenated alkanes) is 3. The van der Waals surface area contributed by atoms with Crippen molar-refractivity contribution in [1.82, 2.24) is 0 Å². The molecule has 2 heteroatoms. The minimum atomic E-state index is 0.0395. The molecule has 0 aliphatic carbocycles. The first-order valence-electron chi connectivity index (χ1n) is 5.94. The van der Waals surface area contributed by atoms with Gasteiger partial charge in [-0.1, -0.05) is 44.0 Å². The van der Waals surface area contributed by atoms with Gasteiger partial charge in [0.05, 0.1) is 0 Å². The van der Waals surface area contributed by atoms with Crippen molar-refractivity contribution < 1.29 is 4.79 Å². The fourth-order valence-electron chi connectivity index (χ4n) is 1.98. The Morgan fingerprint density at radius 3 is 2.88 bits per heavy atom. The molecular formula is C14H17NO. The van der Waals surface area contributed by atoms with Crippen LogP contribution in [0.5, 0.6) is 0 Å². The summed E-state index contributed by atoms with van der Waals surface area (Å²) in [4.78, 5) is 11.7. The second-order valence-electron chi connectivity index (χ2n) is 4.11. The smallest absolute Gasteiger partial charge is 0.256 e. The van der Waals surface area contributed by atoms with Gasteiger partial charge >= 0.3 is 0 Å². The van der Waals surface area contributed by atoms with Crippen LogP contribution in [0.4, 0.5) is 5.69 Å². The number of carbonyl (C=O) groups excluding carboxylic acids is 1. The Bertz CT molecular complexity index is 420. The maximum absolute atomic E-state index is 11.7. The largest absolute Gasteiger partial charge is 0.321 e. The van der Waals surface area contributed by atoms with E-state index in [9.17, 15) is 4.79 Å². The van der Waals surface area contributed by atoms with Gasteiger partial charge in [-0.3, -0.25) is 4.79 Å². The van der Waals surface area contributed by atoms with E-state index in [-0.39, 0.29) is 5.91 Å². The summed E-state index contributed by atoms with van der Waals surface area (Å²) in [5.74, 6) is 0.0395. The van der Waals surface area contributed by atoms with Gasteiger partial charge in [-0.25, -0.2) is 0 Å². The van der Waals surface area contributed by atoms with Crippen LogP contribution in [0.25, 0.3) is 5.57 Å². The van der Waals surface area contributed by atoms with E-state index in [1.807, 2.05) is 24.3 Å². The standard InChI is InChI=1S/C14H17NO/c1-2-3-4-5-9-12-11-8-6-7-10-13(11)15-14(12)16/h6-10H,2-5H2,1H3,(H,15,16)/b12-9-. The van der Waals surface area contributed by atoms with Gasteiger partial charge in [-0.05, 0) is 18.9 Å². The van der Waals surface area contributed by atoms with Gasteiger partial charge in [0.1, 0.15) is 0 Å². The van der Waals surface area contributed by atoms with Crippen molar-refractivity contribution in [2.75, 3.05) is 5.32 Å². The lowest BCUT2D eigenvalue weighted by Crippen LogP contribution is -2.03. The Kier molecular flexibility index (Phi) is 3.40. The Hall–Kier alpha value is -1.57. The van der Waals surface area contributed by atoms with Crippen molar-refractivity contribution in [3.8, 4) is 0 Å². The van der Waals surface area contributed by atoms with Crippen LogP contribution in [0.3, 0.4) is 0 Å². The number of anilines is 1.